The molecule has 0 bridgehead atoms. The minimum atomic E-state index is 0.596. The van der Waals surface area contributed by atoms with Gasteiger partial charge in [0.1, 0.15) is 0 Å². The Bertz CT molecular complexity index is 697. The summed E-state index contributed by atoms with van der Waals surface area (Å²) in [5, 5.41) is 0. The highest BCUT2D eigenvalue weighted by atomic mass is 16.5. The van der Waals surface area contributed by atoms with Crippen molar-refractivity contribution in [3.63, 3.8) is 0 Å². The number of aliphatic imine (C=N–C) groups is 1. The van der Waals surface area contributed by atoms with Crippen LogP contribution >= 0.6 is 0 Å². The van der Waals surface area contributed by atoms with Crippen molar-refractivity contribution in [2.24, 2.45) is 4.99 Å². The Morgan fingerprint density at radius 3 is 2.23 bits per heavy atom. The first-order valence-electron chi connectivity index (χ1n) is 7.21. The van der Waals surface area contributed by atoms with E-state index in [2.05, 4.69) is 18.2 Å². The molecule has 0 atom stereocenters. The van der Waals surface area contributed by atoms with E-state index < -0.39 is 0 Å². The molecule has 114 valence electrons. The maximum atomic E-state index is 5.44. The van der Waals surface area contributed by atoms with Gasteiger partial charge in [-0.05, 0) is 24.1 Å². The lowest BCUT2D eigenvalue weighted by Crippen LogP contribution is -2.14. The van der Waals surface area contributed by atoms with Gasteiger partial charge in [0.05, 0.1) is 27.0 Å². The number of rotatable bonds is 4. The van der Waals surface area contributed by atoms with Gasteiger partial charge in [0.15, 0.2) is 11.5 Å². The quantitative estimate of drug-likeness (QED) is 0.870. The van der Waals surface area contributed by atoms with Gasteiger partial charge in [-0.15, -0.1) is 0 Å². The second-order valence-corrected chi connectivity index (χ2v) is 5.05. The van der Waals surface area contributed by atoms with E-state index in [9.17, 15) is 0 Å². The molecule has 0 saturated heterocycles. The molecule has 2 aromatic rings. The fourth-order valence-electron chi connectivity index (χ4n) is 2.81. The molecule has 0 unspecified atom stereocenters. The van der Waals surface area contributed by atoms with Gasteiger partial charge in [-0.25, -0.2) is 0 Å². The highest BCUT2D eigenvalue weighted by Crippen LogP contribution is 2.39. The second-order valence-electron chi connectivity index (χ2n) is 5.05. The van der Waals surface area contributed by atoms with Crippen LogP contribution in [-0.2, 0) is 6.42 Å². The summed E-state index contributed by atoms with van der Waals surface area (Å²) in [6, 6.07) is 12.3. The average molecular weight is 297 g/mol. The monoisotopic (exact) mass is 297 g/mol. The highest BCUT2D eigenvalue weighted by Gasteiger charge is 2.20. The fourth-order valence-corrected chi connectivity index (χ4v) is 2.81. The standard InChI is InChI=1S/C18H19NO3/c1-20-15-10-13(11-16(21-2)18(15)22-3)17-14-7-5-4-6-12(14)8-9-19-17/h4-7,10-11H,8-9H2,1-3H3. The molecule has 0 aliphatic carbocycles. The smallest absolute Gasteiger partial charge is 0.203 e. The zero-order valence-corrected chi connectivity index (χ0v) is 13.1. The van der Waals surface area contributed by atoms with Gasteiger partial charge in [0.25, 0.3) is 0 Å². The number of fused-ring (bicyclic) bond motifs is 1. The largest absolute Gasteiger partial charge is 0.493 e. The van der Waals surface area contributed by atoms with E-state index in [1.54, 1.807) is 21.3 Å². The zero-order valence-electron chi connectivity index (χ0n) is 13.1. The summed E-state index contributed by atoms with van der Waals surface area (Å²) in [5.74, 6) is 1.88. The molecule has 1 heterocycles. The first kappa shape index (κ1) is 14.4. The van der Waals surface area contributed by atoms with Crippen molar-refractivity contribution in [2.45, 2.75) is 6.42 Å². The molecule has 3 rings (SSSR count). The third kappa shape index (κ3) is 2.41. The highest BCUT2D eigenvalue weighted by molar-refractivity contribution is 6.14. The van der Waals surface area contributed by atoms with E-state index in [-0.39, 0.29) is 0 Å². The molecule has 0 spiro atoms. The van der Waals surface area contributed by atoms with Crippen LogP contribution in [0.3, 0.4) is 0 Å². The minimum Gasteiger partial charge on any atom is -0.493 e. The summed E-state index contributed by atoms with van der Waals surface area (Å²) in [6.07, 6.45) is 0.976. The van der Waals surface area contributed by atoms with Crippen LogP contribution in [0.15, 0.2) is 41.4 Å². The molecule has 0 saturated carbocycles. The van der Waals surface area contributed by atoms with Gasteiger partial charge >= 0.3 is 0 Å². The maximum absolute atomic E-state index is 5.44. The van der Waals surface area contributed by atoms with Crippen LogP contribution in [0.2, 0.25) is 0 Å². The maximum Gasteiger partial charge on any atom is 0.203 e. The number of hydrogen-bond acceptors (Lipinski definition) is 4. The van der Waals surface area contributed by atoms with Gasteiger partial charge in [-0.1, -0.05) is 24.3 Å². The molecular weight excluding hydrogens is 278 g/mol. The molecule has 4 heteroatoms. The fraction of sp³-hybridized carbons (Fsp3) is 0.278. The molecule has 0 amide bonds. The average Bonchev–Trinajstić information content (AvgIpc) is 2.59. The van der Waals surface area contributed by atoms with Crippen LogP contribution in [0.4, 0.5) is 0 Å². The van der Waals surface area contributed by atoms with E-state index in [0.29, 0.717) is 17.2 Å². The number of methoxy groups -OCH3 is 3. The van der Waals surface area contributed by atoms with E-state index in [1.807, 2.05) is 18.2 Å². The lowest BCUT2D eigenvalue weighted by molar-refractivity contribution is 0.324. The Hall–Kier alpha value is -2.49. The summed E-state index contributed by atoms with van der Waals surface area (Å²) in [6.45, 7) is 0.795. The number of nitrogens with zero attached hydrogens (tertiary/aromatic N) is 1. The van der Waals surface area contributed by atoms with Crippen LogP contribution in [0.25, 0.3) is 0 Å². The molecule has 0 radical (unpaired) electrons. The predicted molar refractivity (Wildman–Crippen MR) is 86.8 cm³/mol. The Kier molecular flexibility index (Phi) is 4.00. The van der Waals surface area contributed by atoms with Gasteiger partial charge in [-0.3, -0.25) is 4.99 Å². The van der Waals surface area contributed by atoms with Crippen LogP contribution in [0.5, 0.6) is 17.2 Å². The molecule has 22 heavy (non-hydrogen) atoms. The molecule has 0 N–H and O–H groups in total. The van der Waals surface area contributed by atoms with Crippen LogP contribution in [0, 0.1) is 0 Å². The van der Waals surface area contributed by atoms with Gasteiger partial charge in [0, 0.05) is 17.7 Å². The molecule has 2 aromatic carbocycles. The minimum absolute atomic E-state index is 0.596. The number of ether oxygens (including phenoxy) is 3. The van der Waals surface area contributed by atoms with Crippen molar-refractivity contribution in [3.8, 4) is 17.2 Å². The molecular formula is C18H19NO3. The Labute approximate surface area is 130 Å². The number of hydrogen-bond donors (Lipinski definition) is 0. The van der Waals surface area contributed by atoms with E-state index in [0.717, 1.165) is 24.2 Å². The summed E-state index contributed by atoms with van der Waals surface area (Å²) >= 11 is 0. The summed E-state index contributed by atoms with van der Waals surface area (Å²) in [5.41, 5.74) is 4.44. The SMILES string of the molecule is COc1cc(C2=NCCc3ccccc32)cc(OC)c1OC. The van der Waals surface area contributed by atoms with Crippen LogP contribution in [-0.4, -0.2) is 33.6 Å². The van der Waals surface area contributed by atoms with E-state index in [4.69, 9.17) is 19.2 Å². The molecule has 0 aromatic heterocycles. The Balaban J connectivity index is 2.15. The van der Waals surface area contributed by atoms with Gasteiger partial charge < -0.3 is 14.2 Å². The normalized spacial score (nSPS) is 13.1. The van der Waals surface area contributed by atoms with Crippen molar-refractivity contribution >= 4 is 5.71 Å². The van der Waals surface area contributed by atoms with Crippen molar-refractivity contribution < 1.29 is 14.2 Å². The zero-order chi connectivity index (χ0) is 15.5. The van der Waals surface area contributed by atoms with Gasteiger partial charge in [0.2, 0.25) is 5.75 Å². The first-order chi connectivity index (χ1) is 10.8. The third-order valence-electron chi connectivity index (χ3n) is 3.86. The Morgan fingerprint density at radius 1 is 0.909 bits per heavy atom. The summed E-state index contributed by atoms with van der Waals surface area (Å²) < 4.78 is 16.3. The lowest BCUT2D eigenvalue weighted by Gasteiger charge is -2.19. The third-order valence-corrected chi connectivity index (χ3v) is 3.86. The van der Waals surface area contributed by atoms with Crippen molar-refractivity contribution in [3.05, 3.63) is 53.1 Å². The second kappa shape index (κ2) is 6.10. The van der Waals surface area contributed by atoms with Crippen molar-refractivity contribution in [2.75, 3.05) is 27.9 Å². The molecule has 4 nitrogen and oxygen atoms in total. The van der Waals surface area contributed by atoms with Gasteiger partial charge in [-0.2, -0.15) is 0 Å². The predicted octanol–water partition coefficient (Wildman–Crippen LogP) is 3.11. The number of benzene rings is 2. The van der Waals surface area contributed by atoms with Crippen molar-refractivity contribution in [1.29, 1.82) is 0 Å². The van der Waals surface area contributed by atoms with Crippen LogP contribution in [0.1, 0.15) is 16.7 Å². The molecule has 1 aliphatic rings. The Morgan fingerprint density at radius 2 is 1.59 bits per heavy atom. The molecule has 1 aliphatic heterocycles. The summed E-state index contributed by atoms with van der Waals surface area (Å²) in [7, 11) is 4.85. The topological polar surface area (TPSA) is 40.0 Å². The first-order valence-corrected chi connectivity index (χ1v) is 7.21. The molecule has 0 fully saturated rings. The lowest BCUT2D eigenvalue weighted by atomic mass is 9.93. The van der Waals surface area contributed by atoms with E-state index in [1.165, 1.54) is 11.1 Å². The van der Waals surface area contributed by atoms with E-state index >= 15 is 0 Å². The van der Waals surface area contributed by atoms with Crippen LogP contribution < -0.4 is 14.2 Å². The summed E-state index contributed by atoms with van der Waals surface area (Å²) in [4.78, 5) is 4.71. The van der Waals surface area contributed by atoms with Crippen molar-refractivity contribution in [1.82, 2.24) is 0 Å².